The lowest BCUT2D eigenvalue weighted by molar-refractivity contribution is 0.318. The first-order valence-electron chi connectivity index (χ1n) is 6.39. The topological polar surface area (TPSA) is 84.2 Å². The number of phenolic OH excluding ortho intramolecular Hbond substituents is 1. The van der Waals surface area contributed by atoms with E-state index in [1.807, 2.05) is 25.1 Å². The van der Waals surface area contributed by atoms with Crippen molar-refractivity contribution in [3.8, 4) is 22.9 Å². The molecule has 0 aliphatic rings. The SMILES string of the molecule is CCOc1cc(-c2nc3ccc(N)cc3[nH]2)ccc1O. The highest BCUT2D eigenvalue weighted by atomic mass is 16.5. The van der Waals surface area contributed by atoms with Gasteiger partial charge < -0.3 is 20.6 Å². The first kappa shape index (κ1) is 12.3. The molecule has 2 aromatic carbocycles. The number of benzene rings is 2. The molecular formula is C15H15N3O2. The van der Waals surface area contributed by atoms with Gasteiger partial charge in [-0.1, -0.05) is 0 Å². The lowest BCUT2D eigenvalue weighted by Gasteiger charge is -2.06. The summed E-state index contributed by atoms with van der Waals surface area (Å²) in [6.45, 7) is 2.36. The largest absolute Gasteiger partial charge is 0.504 e. The van der Waals surface area contributed by atoms with Crippen LogP contribution in [0.2, 0.25) is 0 Å². The first-order valence-corrected chi connectivity index (χ1v) is 6.39. The Kier molecular flexibility index (Phi) is 2.95. The summed E-state index contributed by atoms with van der Waals surface area (Å²) in [6, 6.07) is 10.7. The van der Waals surface area contributed by atoms with Gasteiger partial charge in [0.25, 0.3) is 0 Å². The fraction of sp³-hybridized carbons (Fsp3) is 0.133. The summed E-state index contributed by atoms with van der Waals surface area (Å²) in [6.07, 6.45) is 0. The van der Waals surface area contributed by atoms with Gasteiger partial charge in [-0.2, -0.15) is 0 Å². The molecule has 0 saturated carbocycles. The van der Waals surface area contributed by atoms with Gasteiger partial charge >= 0.3 is 0 Å². The van der Waals surface area contributed by atoms with Crippen LogP contribution in [0.5, 0.6) is 11.5 Å². The smallest absolute Gasteiger partial charge is 0.161 e. The van der Waals surface area contributed by atoms with E-state index in [0.717, 1.165) is 16.6 Å². The van der Waals surface area contributed by atoms with E-state index in [9.17, 15) is 5.11 Å². The van der Waals surface area contributed by atoms with E-state index in [1.54, 1.807) is 18.2 Å². The summed E-state index contributed by atoms with van der Waals surface area (Å²) < 4.78 is 5.38. The van der Waals surface area contributed by atoms with Crippen molar-refractivity contribution >= 4 is 16.7 Å². The van der Waals surface area contributed by atoms with Crippen molar-refractivity contribution in [2.75, 3.05) is 12.3 Å². The van der Waals surface area contributed by atoms with Crippen molar-refractivity contribution in [2.24, 2.45) is 0 Å². The van der Waals surface area contributed by atoms with Crippen molar-refractivity contribution in [1.82, 2.24) is 9.97 Å². The highest BCUT2D eigenvalue weighted by Crippen LogP contribution is 2.31. The second-order valence-corrected chi connectivity index (χ2v) is 4.48. The van der Waals surface area contributed by atoms with Gasteiger partial charge in [0, 0.05) is 11.3 Å². The zero-order valence-corrected chi connectivity index (χ0v) is 11.1. The molecule has 0 atom stereocenters. The number of nitrogens with one attached hydrogen (secondary N) is 1. The number of anilines is 1. The minimum Gasteiger partial charge on any atom is -0.504 e. The fourth-order valence-corrected chi connectivity index (χ4v) is 2.10. The molecule has 0 fully saturated rings. The minimum atomic E-state index is 0.121. The Morgan fingerprint density at radius 1 is 1.25 bits per heavy atom. The van der Waals surface area contributed by atoms with Crippen LogP contribution >= 0.6 is 0 Å². The molecule has 0 aliphatic heterocycles. The number of aromatic hydroxyl groups is 1. The second kappa shape index (κ2) is 4.77. The van der Waals surface area contributed by atoms with Gasteiger partial charge in [0.05, 0.1) is 17.6 Å². The van der Waals surface area contributed by atoms with Crippen LogP contribution in [0.4, 0.5) is 5.69 Å². The van der Waals surface area contributed by atoms with Crippen LogP contribution in [0.15, 0.2) is 36.4 Å². The normalized spacial score (nSPS) is 10.8. The Labute approximate surface area is 116 Å². The highest BCUT2D eigenvalue weighted by Gasteiger charge is 2.09. The standard InChI is InChI=1S/C15H15N3O2/c1-2-20-14-7-9(3-6-13(14)19)15-17-11-5-4-10(16)8-12(11)18-15/h3-8,19H,2,16H2,1H3,(H,17,18). The molecule has 3 aromatic rings. The molecule has 0 radical (unpaired) electrons. The molecule has 0 amide bonds. The molecule has 5 heteroatoms. The summed E-state index contributed by atoms with van der Waals surface area (Å²) in [5.41, 5.74) is 9.02. The number of rotatable bonds is 3. The maximum atomic E-state index is 9.72. The zero-order chi connectivity index (χ0) is 14.1. The molecule has 0 unspecified atom stereocenters. The number of imidazole rings is 1. The molecule has 3 rings (SSSR count). The monoisotopic (exact) mass is 269 g/mol. The molecular weight excluding hydrogens is 254 g/mol. The van der Waals surface area contributed by atoms with E-state index in [2.05, 4.69) is 9.97 Å². The molecule has 1 heterocycles. The molecule has 4 N–H and O–H groups in total. The van der Waals surface area contributed by atoms with Crippen molar-refractivity contribution in [3.05, 3.63) is 36.4 Å². The summed E-state index contributed by atoms with van der Waals surface area (Å²) in [4.78, 5) is 7.72. The van der Waals surface area contributed by atoms with E-state index in [-0.39, 0.29) is 5.75 Å². The number of ether oxygens (including phenoxy) is 1. The van der Waals surface area contributed by atoms with Crippen molar-refractivity contribution in [3.63, 3.8) is 0 Å². The molecule has 102 valence electrons. The van der Waals surface area contributed by atoms with Gasteiger partial charge in [0.2, 0.25) is 0 Å². The quantitative estimate of drug-likeness (QED) is 0.638. The average Bonchev–Trinajstić information content (AvgIpc) is 2.84. The number of fused-ring (bicyclic) bond motifs is 1. The molecule has 0 aliphatic carbocycles. The Morgan fingerprint density at radius 2 is 2.10 bits per heavy atom. The van der Waals surface area contributed by atoms with Crippen LogP contribution in [0.3, 0.4) is 0 Å². The minimum absolute atomic E-state index is 0.121. The van der Waals surface area contributed by atoms with E-state index in [1.165, 1.54) is 0 Å². The van der Waals surface area contributed by atoms with Crippen LogP contribution < -0.4 is 10.5 Å². The van der Waals surface area contributed by atoms with E-state index in [4.69, 9.17) is 10.5 Å². The van der Waals surface area contributed by atoms with E-state index < -0.39 is 0 Å². The Hall–Kier alpha value is -2.69. The van der Waals surface area contributed by atoms with Crippen LogP contribution in [-0.2, 0) is 0 Å². The van der Waals surface area contributed by atoms with E-state index >= 15 is 0 Å². The van der Waals surface area contributed by atoms with Gasteiger partial charge in [-0.15, -0.1) is 0 Å². The molecule has 5 nitrogen and oxygen atoms in total. The number of aromatic amines is 1. The first-order chi connectivity index (χ1) is 9.67. The predicted octanol–water partition coefficient (Wildman–Crippen LogP) is 2.92. The maximum Gasteiger partial charge on any atom is 0.161 e. The molecule has 0 bridgehead atoms. The van der Waals surface area contributed by atoms with Crippen molar-refractivity contribution in [1.29, 1.82) is 0 Å². The molecule has 20 heavy (non-hydrogen) atoms. The molecule has 0 spiro atoms. The predicted molar refractivity (Wildman–Crippen MR) is 78.8 cm³/mol. The summed E-state index contributed by atoms with van der Waals surface area (Å²) in [5.74, 6) is 1.28. The average molecular weight is 269 g/mol. The summed E-state index contributed by atoms with van der Waals surface area (Å²) >= 11 is 0. The number of nitrogens with two attached hydrogens (primary N) is 1. The Bertz CT molecular complexity index is 765. The number of aromatic nitrogens is 2. The van der Waals surface area contributed by atoms with Crippen LogP contribution in [-0.4, -0.2) is 21.7 Å². The highest BCUT2D eigenvalue weighted by molar-refractivity contribution is 5.82. The van der Waals surface area contributed by atoms with Gasteiger partial charge in [-0.25, -0.2) is 4.98 Å². The maximum absolute atomic E-state index is 9.72. The van der Waals surface area contributed by atoms with Crippen LogP contribution in [0.25, 0.3) is 22.4 Å². The van der Waals surface area contributed by atoms with Gasteiger partial charge in [0.1, 0.15) is 5.82 Å². The molecule has 0 saturated heterocycles. The lowest BCUT2D eigenvalue weighted by atomic mass is 10.2. The van der Waals surface area contributed by atoms with E-state index in [0.29, 0.717) is 23.9 Å². The number of H-pyrrole nitrogens is 1. The molecule has 1 aromatic heterocycles. The van der Waals surface area contributed by atoms with Gasteiger partial charge in [0.15, 0.2) is 11.5 Å². The Morgan fingerprint density at radius 3 is 2.90 bits per heavy atom. The number of nitrogen functional groups attached to an aromatic ring is 1. The second-order valence-electron chi connectivity index (χ2n) is 4.48. The van der Waals surface area contributed by atoms with Gasteiger partial charge in [-0.3, -0.25) is 0 Å². The third kappa shape index (κ3) is 2.14. The number of hydrogen-bond acceptors (Lipinski definition) is 4. The summed E-state index contributed by atoms with van der Waals surface area (Å²) in [5, 5.41) is 9.72. The number of phenols is 1. The van der Waals surface area contributed by atoms with Crippen molar-refractivity contribution < 1.29 is 9.84 Å². The third-order valence-electron chi connectivity index (χ3n) is 3.04. The fourth-order valence-electron chi connectivity index (χ4n) is 2.10. The lowest BCUT2D eigenvalue weighted by Crippen LogP contribution is -1.92. The van der Waals surface area contributed by atoms with Crippen LogP contribution in [0.1, 0.15) is 6.92 Å². The number of hydrogen-bond donors (Lipinski definition) is 3. The Balaban J connectivity index is 2.08. The van der Waals surface area contributed by atoms with Crippen LogP contribution in [0, 0.1) is 0 Å². The zero-order valence-electron chi connectivity index (χ0n) is 11.1. The third-order valence-corrected chi connectivity index (χ3v) is 3.04. The number of nitrogens with zero attached hydrogens (tertiary/aromatic N) is 1. The summed E-state index contributed by atoms with van der Waals surface area (Å²) in [7, 11) is 0. The van der Waals surface area contributed by atoms with Crippen molar-refractivity contribution in [2.45, 2.75) is 6.92 Å². The van der Waals surface area contributed by atoms with Gasteiger partial charge in [-0.05, 0) is 43.3 Å².